The number of carboxylic acids is 1. The summed E-state index contributed by atoms with van der Waals surface area (Å²) in [4.78, 5) is 11.1. The number of anilines is 1. The summed E-state index contributed by atoms with van der Waals surface area (Å²) in [6.07, 6.45) is 0.663. The molecule has 2 aromatic rings. The summed E-state index contributed by atoms with van der Waals surface area (Å²) < 4.78 is 33.8. The third kappa shape index (κ3) is 2.87. The molecule has 1 aromatic heterocycles. The highest BCUT2D eigenvalue weighted by atomic mass is 32.2. The minimum Gasteiger partial charge on any atom is -0.490 e. The number of carboxylic acid groups (broad SMARTS) is 1. The zero-order valence-electron chi connectivity index (χ0n) is 12.5. The number of ether oxygens (including phenoxy) is 1. The fourth-order valence-corrected chi connectivity index (χ4v) is 3.52. The van der Waals surface area contributed by atoms with Gasteiger partial charge < -0.3 is 9.84 Å². The van der Waals surface area contributed by atoms with E-state index in [1.54, 1.807) is 12.1 Å². The summed E-state index contributed by atoms with van der Waals surface area (Å²) in [5.74, 6) is -0.549. The van der Waals surface area contributed by atoms with Gasteiger partial charge in [0.2, 0.25) is 0 Å². The maximum absolute atomic E-state index is 12.4. The zero-order valence-corrected chi connectivity index (χ0v) is 13.3. The van der Waals surface area contributed by atoms with Crippen LogP contribution >= 0.6 is 0 Å². The quantitative estimate of drug-likeness (QED) is 0.868. The monoisotopic (exact) mass is 337 g/mol. The molecule has 1 unspecified atom stereocenters. The number of nitrogens with one attached hydrogen (secondary N) is 1. The second-order valence-corrected chi connectivity index (χ2v) is 7.03. The van der Waals surface area contributed by atoms with Crippen molar-refractivity contribution in [2.75, 3.05) is 4.72 Å². The van der Waals surface area contributed by atoms with Gasteiger partial charge in [-0.2, -0.15) is 5.10 Å². The van der Waals surface area contributed by atoms with Crippen LogP contribution in [0.2, 0.25) is 0 Å². The van der Waals surface area contributed by atoms with E-state index in [4.69, 9.17) is 9.84 Å². The Balaban J connectivity index is 1.89. The third-order valence-corrected chi connectivity index (χ3v) is 4.87. The van der Waals surface area contributed by atoms with Crippen molar-refractivity contribution in [2.24, 2.45) is 7.05 Å². The number of hydrogen-bond donors (Lipinski definition) is 2. The number of hydrogen-bond acceptors (Lipinski definition) is 5. The van der Waals surface area contributed by atoms with Gasteiger partial charge in [-0.3, -0.25) is 9.40 Å². The molecular weight excluding hydrogens is 322 g/mol. The first-order valence-electron chi connectivity index (χ1n) is 6.86. The van der Waals surface area contributed by atoms with Crippen molar-refractivity contribution in [3.63, 3.8) is 0 Å². The van der Waals surface area contributed by atoms with E-state index >= 15 is 0 Å². The summed E-state index contributed by atoms with van der Waals surface area (Å²) in [6.45, 7) is 1.91. The number of nitrogens with zero attached hydrogens (tertiary/aromatic N) is 2. The van der Waals surface area contributed by atoms with Crippen LogP contribution in [0, 0.1) is 0 Å². The minimum absolute atomic E-state index is 0.0184. The molecule has 1 aromatic carbocycles. The number of aromatic carboxylic acids is 1. The van der Waals surface area contributed by atoms with Crippen LogP contribution in [0.5, 0.6) is 5.75 Å². The van der Waals surface area contributed by atoms with Crippen LogP contribution in [-0.2, 0) is 23.5 Å². The maximum atomic E-state index is 12.4. The van der Waals surface area contributed by atoms with Gasteiger partial charge in [-0.25, -0.2) is 13.2 Å². The molecule has 23 heavy (non-hydrogen) atoms. The highest BCUT2D eigenvalue weighted by Crippen LogP contribution is 2.31. The third-order valence-electron chi connectivity index (χ3n) is 3.52. The Morgan fingerprint density at radius 3 is 2.83 bits per heavy atom. The molecule has 0 saturated carbocycles. The number of sulfonamides is 1. The van der Waals surface area contributed by atoms with E-state index in [2.05, 4.69) is 9.82 Å². The molecule has 1 aliphatic heterocycles. The second-order valence-electron chi connectivity index (χ2n) is 5.35. The number of carbonyl (C=O) groups is 1. The Kier molecular flexibility index (Phi) is 3.52. The van der Waals surface area contributed by atoms with E-state index in [0.717, 1.165) is 10.2 Å². The van der Waals surface area contributed by atoms with Crippen LogP contribution in [0.4, 0.5) is 5.82 Å². The standard InChI is InChI=1S/C14H15N3O5S/c1-8-5-9-6-10(3-4-12(9)22-8)23(20,21)16-13-7-11(14(18)19)17(2)15-13/h3-4,6-8H,5H2,1-2H3,(H,15,16)(H,18,19). The summed E-state index contributed by atoms with van der Waals surface area (Å²) in [5.41, 5.74) is 0.714. The smallest absolute Gasteiger partial charge is 0.354 e. The molecule has 1 aliphatic rings. The van der Waals surface area contributed by atoms with Crippen LogP contribution in [0.25, 0.3) is 0 Å². The van der Waals surface area contributed by atoms with E-state index in [0.29, 0.717) is 12.2 Å². The van der Waals surface area contributed by atoms with Gasteiger partial charge in [-0.1, -0.05) is 0 Å². The molecule has 0 aliphatic carbocycles. The van der Waals surface area contributed by atoms with Crippen molar-refractivity contribution in [3.8, 4) is 5.75 Å². The lowest BCUT2D eigenvalue weighted by molar-refractivity contribution is 0.0685. The molecule has 0 spiro atoms. The molecule has 2 N–H and O–H groups in total. The summed E-state index contributed by atoms with van der Waals surface area (Å²) >= 11 is 0. The Morgan fingerprint density at radius 1 is 1.43 bits per heavy atom. The topological polar surface area (TPSA) is 111 Å². The normalized spacial score (nSPS) is 16.7. The van der Waals surface area contributed by atoms with Crippen molar-refractivity contribution < 1.29 is 23.1 Å². The average Bonchev–Trinajstić information content (AvgIpc) is 2.98. The van der Waals surface area contributed by atoms with E-state index in [1.807, 2.05) is 6.92 Å². The van der Waals surface area contributed by atoms with Gasteiger partial charge in [-0.05, 0) is 30.7 Å². The summed E-state index contributed by atoms with van der Waals surface area (Å²) in [5, 5.41) is 12.8. The molecule has 0 radical (unpaired) electrons. The molecule has 9 heteroatoms. The molecule has 0 saturated heterocycles. The van der Waals surface area contributed by atoms with E-state index in [9.17, 15) is 13.2 Å². The Labute approximate surface area is 132 Å². The lowest BCUT2D eigenvalue weighted by Crippen LogP contribution is -2.13. The number of aryl methyl sites for hydroxylation is 1. The van der Waals surface area contributed by atoms with Crippen molar-refractivity contribution in [3.05, 3.63) is 35.5 Å². The van der Waals surface area contributed by atoms with Crippen molar-refractivity contribution in [1.29, 1.82) is 0 Å². The number of rotatable bonds is 4. The molecule has 8 nitrogen and oxygen atoms in total. The number of fused-ring (bicyclic) bond motifs is 1. The lowest BCUT2D eigenvalue weighted by Gasteiger charge is -2.07. The molecule has 3 rings (SSSR count). The molecule has 2 heterocycles. The van der Waals surface area contributed by atoms with Gasteiger partial charge >= 0.3 is 5.97 Å². The number of aromatic nitrogens is 2. The SMILES string of the molecule is CC1Cc2cc(S(=O)(=O)Nc3cc(C(=O)O)n(C)n3)ccc2O1. The highest BCUT2D eigenvalue weighted by molar-refractivity contribution is 7.92. The first-order chi connectivity index (χ1) is 10.8. The van der Waals surface area contributed by atoms with Gasteiger partial charge in [0.1, 0.15) is 17.5 Å². The van der Waals surface area contributed by atoms with E-state index in [1.165, 1.54) is 19.2 Å². The lowest BCUT2D eigenvalue weighted by atomic mass is 10.1. The summed E-state index contributed by atoms with van der Waals surface area (Å²) in [6, 6.07) is 5.79. The van der Waals surface area contributed by atoms with E-state index in [-0.39, 0.29) is 22.5 Å². The molecule has 0 amide bonds. The second kappa shape index (κ2) is 5.27. The van der Waals surface area contributed by atoms with Gasteiger partial charge in [0.25, 0.3) is 10.0 Å². The first kappa shape index (κ1) is 15.3. The zero-order chi connectivity index (χ0) is 16.8. The first-order valence-corrected chi connectivity index (χ1v) is 8.34. The fourth-order valence-electron chi connectivity index (χ4n) is 2.48. The van der Waals surface area contributed by atoms with Crippen molar-refractivity contribution in [1.82, 2.24) is 9.78 Å². The van der Waals surface area contributed by atoms with Crippen LogP contribution in [-0.4, -0.2) is 35.4 Å². The molecule has 1 atom stereocenters. The van der Waals surface area contributed by atoms with Gasteiger partial charge in [-0.15, -0.1) is 0 Å². The molecule has 0 fully saturated rings. The van der Waals surface area contributed by atoms with Crippen LogP contribution in [0.3, 0.4) is 0 Å². The van der Waals surface area contributed by atoms with Gasteiger partial charge in [0, 0.05) is 19.5 Å². The van der Waals surface area contributed by atoms with Crippen LogP contribution < -0.4 is 9.46 Å². The molecule has 122 valence electrons. The van der Waals surface area contributed by atoms with Gasteiger partial charge in [0.15, 0.2) is 5.82 Å². The number of benzene rings is 1. The molecular formula is C14H15N3O5S. The van der Waals surface area contributed by atoms with Gasteiger partial charge in [0.05, 0.1) is 4.90 Å². The molecule has 0 bridgehead atoms. The Morgan fingerprint density at radius 2 is 2.17 bits per heavy atom. The van der Waals surface area contributed by atoms with Crippen LogP contribution in [0.15, 0.2) is 29.2 Å². The Hall–Kier alpha value is -2.55. The largest absolute Gasteiger partial charge is 0.490 e. The Bertz CT molecular complexity index is 888. The fraction of sp³-hybridized carbons (Fsp3) is 0.286. The minimum atomic E-state index is -3.86. The van der Waals surface area contributed by atoms with Crippen molar-refractivity contribution >= 4 is 21.8 Å². The van der Waals surface area contributed by atoms with Crippen LogP contribution in [0.1, 0.15) is 23.0 Å². The van der Waals surface area contributed by atoms with E-state index < -0.39 is 16.0 Å². The average molecular weight is 337 g/mol. The van der Waals surface area contributed by atoms with Crippen molar-refractivity contribution in [2.45, 2.75) is 24.3 Å². The predicted octanol–water partition coefficient (Wildman–Crippen LogP) is 1.24. The highest BCUT2D eigenvalue weighted by Gasteiger charge is 2.24. The predicted molar refractivity (Wildman–Crippen MR) is 81.2 cm³/mol. The maximum Gasteiger partial charge on any atom is 0.354 e. The summed E-state index contributed by atoms with van der Waals surface area (Å²) in [7, 11) is -2.43.